The highest BCUT2D eigenvalue weighted by molar-refractivity contribution is 5.75. The van der Waals surface area contributed by atoms with Gasteiger partial charge in [-0.15, -0.1) is 0 Å². The first kappa shape index (κ1) is 12.5. The summed E-state index contributed by atoms with van der Waals surface area (Å²) in [4.78, 5) is 11.7. The van der Waals surface area contributed by atoms with Crippen LogP contribution in [0, 0.1) is 11.3 Å². The topological polar surface area (TPSA) is 58.6 Å². The standard InChI is InChI=1S/C11H21NO3/c1-11(2,3)10(14)15-9-4-5-12-6-8(9)7-13/h8-9,12-13H,4-7H2,1-3H3. The summed E-state index contributed by atoms with van der Waals surface area (Å²) in [5.41, 5.74) is -0.467. The van der Waals surface area contributed by atoms with E-state index in [-0.39, 0.29) is 24.6 Å². The molecule has 2 unspecified atom stereocenters. The molecule has 88 valence electrons. The van der Waals surface area contributed by atoms with Crippen LogP contribution in [0.15, 0.2) is 0 Å². The summed E-state index contributed by atoms with van der Waals surface area (Å²) in [6.45, 7) is 7.14. The van der Waals surface area contributed by atoms with Crippen molar-refractivity contribution in [3.8, 4) is 0 Å². The maximum Gasteiger partial charge on any atom is 0.311 e. The van der Waals surface area contributed by atoms with Crippen LogP contribution >= 0.6 is 0 Å². The second-order valence-corrected chi connectivity index (χ2v) is 5.13. The Bertz CT molecular complexity index is 222. The van der Waals surface area contributed by atoms with Crippen molar-refractivity contribution in [3.05, 3.63) is 0 Å². The van der Waals surface area contributed by atoms with Crippen molar-refractivity contribution < 1.29 is 14.6 Å². The maximum absolute atomic E-state index is 11.7. The van der Waals surface area contributed by atoms with Gasteiger partial charge in [0.15, 0.2) is 0 Å². The van der Waals surface area contributed by atoms with E-state index in [1.807, 2.05) is 20.8 Å². The summed E-state index contributed by atoms with van der Waals surface area (Å²) in [7, 11) is 0. The number of esters is 1. The second kappa shape index (κ2) is 4.94. The number of hydrogen-bond donors (Lipinski definition) is 2. The zero-order chi connectivity index (χ0) is 11.5. The van der Waals surface area contributed by atoms with Crippen molar-refractivity contribution >= 4 is 5.97 Å². The van der Waals surface area contributed by atoms with Crippen LogP contribution < -0.4 is 5.32 Å². The Morgan fingerprint density at radius 2 is 2.20 bits per heavy atom. The number of nitrogens with one attached hydrogen (secondary N) is 1. The Morgan fingerprint density at radius 3 is 2.73 bits per heavy atom. The highest BCUT2D eigenvalue weighted by Gasteiger charge is 2.31. The van der Waals surface area contributed by atoms with Gasteiger partial charge in [0.2, 0.25) is 0 Å². The number of aliphatic hydroxyl groups is 1. The second-order valence-electron chi connectivity index (χ2n) is 5.13. The van der Waals surface area contributed by atoms with E-state index in [1.165, 1.54) is 0 Å². The largest absolute Gasteiger partial charge is 0.461 e. The SMILES string of the molecule is CC(C)(C)C(=O)OC1CCNCC1CO. The predicted octanol–water partition coefficient (Wildman–Crippen LogP) is 0.546. The number of carbonyl (C=O) groups is 1. The lowest BCUT2D eigenvalue weighted by atomic mass is 9.94. The maximum atomic E-state index is 11.7. The average molecular weight is 215 g/mol. The molecule has 2 atom stereocenters. The highest BCUT2D eigenvalue weighted by Crippen LogP contribution is 2.21. The molecule has 0 aromatic carbocycles. The van der Waals surface area contributed by atoms with Gasteiger partial charge in [0.1, 0.15) is 6.10 Å². The summed E-state index contributed by atoms with van der Waals surface area (Å²) < 4.78 is 5.42. The van der Waals surface area contributed by atoms with E-state index in [4.69, 9.17) is 9.84 Å². The Hall–Kier alpha value is -0.610. The van der Waals surface area contributed by atoms with E-state index in [2.05, 4.69) is 5.32 Å². The molecule has 4 nitrogen and oxygen atoms in total. The van der Waals surface area contributed by atoms with E-state index < -0.39 is 5.41 Å². The molecular weight excluding hydrogens is 194 g/mol. The predicted molar refractivity (Wildman–Crippen MR) is 57.4 cm³/mol. The third-order valence-corrected chi connectivity index (χ3v) is 2.64. The summed E-state index contributed by atoms with van der Waals surface area (Å²) in [6, 6.07) is 0. The quantitative estimate of drug-likeness (QED) is 0.660. The number of rotatable bonds is 2. The summed E-state index contributed by atoms with van der Waals surface area (Å²) in [5.74, 6) is -0.155. The molecule has 1 rings (SSSR count). The van der Waals surface area contributed by atoms with Crippen LogP contribution in [0.3, 0.4) is 0 Å². The molecule has 1 saturated heterocycles. The third-order valence-electron chi connectivity index (χ3n) is 2.64. The van der Waals surface area contributed by atoms with Crippen LogP contribution in [0.25, 0.3) is 0 Å². The van der Waals surface area contributed by atoms with Gasteiger partial charge >= 0.3 is 5.97 Å². The normalized spacial score (nSPS) is 27.5. The molecule has 0 bridgehead atoms. The molecule has 0 aromatic heterocycles. The Kier molecular flexibility index (Phi) is 4.11. The average Bonchev–Trinajstić information content (AvgIpc) is 2.17. The fraction of sp³-hybridized carbons (Fsp3) is 0.909. The van der Waals surface area contributed by atoms with Crippen LogP contribution in [0.4, 0.5) is 0 Å². The minimum atomic E-state index is -0.467. The lowest BCUT2D eigenvalue weighted by Crippen LogP contribution is -2.45. The smallest absolute Gasteiger partial charge is 0.311 e. The van der Waals surface area contributed by atoms with Gasteiger partial charge in [-0.3, -0.25) is 4.79 Å². The van der Waals surface area contributed by atoms with Gasteiger partial charge in [-0.2, -0.15) is 0 Å². The number of piperidine rings is 1. The first-order valence-electron chi connectivity index (χ1n) is 5.48. The Morgan fingerprint density at radius 1 is 1.53 bits per heavy atom. The van der Waals surface area contributed by atoms with Crippen LogP contribution in [0.2, 0.25) is 0 Å². The van der Waals surface area contributed by atoms with E-state index >= 15 is 0 Å². The molecule has 15 heavy (non-hydrogen) atoms. The minimum Gasteiger partial charge on any atom is -0.461 e. The van der Waals surface area contributed by atoms with Gasteiger partial charge < -0.3 is 15.2 Å². The minimum absolute atomic E-state index is 0.0325. The van der Waals surface area contributed by atoms with Crippen molar-refractivity contribution in [2.24, 2.45) is 11.3 Å². The Balaban J connectivity index is 2.52. The van der Waals surface area contributed by atoms with Gasteiger partial charge in [-0.1, -0.05) is 0 Å². The molecule has 1 aliphatic rings. The van der Waals surface area contributed by atoms with Crippen molar-refractivity contribution in [1.29, 1.82) is 0 Å². The third kappa shape index (κ3) is 3.47. The lowest BCUT2D eigenvalue weighted by Gasteiger charge is -2.32. The van der Waals surface area contributed by atoms with E-state index in [1.54, 1.807) is 0 Å². The summed E-state index contributed by atoms with van der Waals surface area (Å²) in [6.07, 6.45) is 0.649. The fourth-order valence-electron chi connectivity index (χ4n) is 1.55. The number of ether oxygens (including phenoxy) is 1. The van der Waals surface area contributed by atoms with Crippen LogP contribution in [0.1, 0.15) is 27.2 Å². The monoisotopic (exact) mass is 215 g/mol. The molecule has 4 heteroatoms. The van der Waals surface area contributed by atoms with Gasteiger partial charge in [0.25, 0.3) is 0 Å². The molecule has 0 radical (unpaired) electrons. The zero-order valence-electron chi connectivity index (χ0n) is 9.75. The van der Waals surface area contributed by atoms with Gasteiger partial charge in [-0.25, -0.2) is 0 Å². The molecule has 0 saturated carbocycles. The number of hydrogen-bond acceptors (Lipinski definition) is 4. The number of carbonyl (C=O) groups excluding carboxylic acids is 1. The Labute approximate surface area is 91.0 Å². The van der Waals surface area contributed by atoms with E-state index in [0.29, 0.717) is 0 Å². The van der Waals surface area contributed by atoms with Gasteiger partial charge in [-0.05, 0) is 33.7 Å². The summed E-state index contributed by atoms with van der Waals surface area (Å²) >= 11 is 0. The van der Waals surface area contributed by atoms with E-state index in [0.717, 1.165) is 19.5 Å². The molecule has 0 spiro atoms. The summed E-state index contributed by atoms with van der Waals surface area (Å²) in [5, 5.41) is 12.3. The van der Waals surface area contributed by atoms with Gasteiger partial charge in [0.05, 0.1) is 12.0 Å². The molecule has 0 aromatic rings. The molecule has 1 fully saturated rings. The highest BCUT2D eigenvalue weighted by atomic mass is 16.5. The first-order chi connectivity index (χ1) is 6.95. The molecule has 0 amide bonds. The van der Waals surface area contributed by atoms with Crippen LogP contribution in [0.5, 0.6) is 0 Å². The van der Waals surface area contributed by atoms with Crippen molar-refractivity contribution in [2.75, 3.05) is 19.7 Å². The molecule has 1 heterocycles. The molecule has 2 N–H and O–H groups in total. The first-order valence-corrected chi connectivity index (χ1v) is 5.48. The van der Waals surface area contributed by atoms with Crippen molar-refractivity contribution in [3.63, 3.8) is 0 Å². The van der Waals surface area contributed by atoms with Crippen molar-refractivity contribution in [1.82, 2.24) is 5.32 Å². The lowest BCUT2D eigenvalue weighted by molar-refractivity contribution is -0.163. The van der Waals surface area contributed by atoms with Gasteiger partial charge in [0, 0.05) is 12.5 Å². The van der Waals surface area contributed by atoms with Crippen molar-refractivity contribution in [2.45, 2.75) is 33.3 Å². The number of aliphatic hydroxyl groups excluding tert-OH is 1. The fourth-order valence-corrected chi connectivity index (χ4v) is 1.55. The van der Waals surface area contributed by atoms with Crippen LogP contribution in [-0.2, 0) is 9.53 Å². The molecule has 1 aliphatic heterocycles. The van der Waals surface area contributed by atoms with E-state index in [9.17, 15) is 4.79 Å². The zero-order valence-corrected chi connectivity index (χ0v) is 9.75. The molecule has 0 aliphatic carbocycles. The van der Waals surface area contributed by atoms with Crippen LogP contribution in [-0.4, -0.2) is 36.9 Å². The molecular formula is C11H21NO3.